The monoisotopic (exact) mass is 235 g/mol. The largest absolute Gasteiger partial charge is 0.264 e. The Labute approximate surface area is 95.6 Å². The highest BCUT2D eigenvalue weighted by Crippen LogP contribution is 2.14. The first kappa shape index (κ1) is 11.0. The van der Waals surface area contributed by atoms with Gasteiger partial charge in [-0.05, 0) is 23.8 Å². The van der Waals surface area contributed by atoms with Crippen molar-refractivity contribution in [1.29, 1.82) is 0 Å². The fraction of sp³-hybridized carbons (Fsp3) is 0.0833. The van der Waals surface area contributed by atoms with Crippen LogP contribution in [-0.4, -0.2) is 9.19 Å². The molecule has 0 saturated carbocycles. The van der Waals surface area contributed by atoms with Crippen LogP contribution >= 0.6 is 0 Å². The second-order valence-electron chi connectivity index (χ2n) is 3.28. The zero-order valence-corrected chi connectivity index (χ0v) is 9.28. The Morgan fingerprint density at radius 2 is 2.00 bits per heavy atom. The summed E-state index contributed by atoms with van der Waals surface area (Å²) in [6.07, 6.45) is 3.29. The molecule has 0 aliphatic heterocycles. The van der Waals surface area contributed by atoms with Crippen molar-refractivity contribution < 1.29 is 8.60 Å². The third-order valence-corrected chi connectivity index (χ3v) is 3.52. The molecular weight excluding hydrogens is 225 g/mol. The van der Waals surface area contributed by atoms with E-state index in [0.29, 0.717) is 0 Å². The summed E-state index contributed by atoms with van der Waals surface area (Å²) < 4.78 is 25.2. The average molecular weight is 235 g/mol. The molecule has 16 heavy (non-hydrogen) atoms. The van der Waals surface area contributed by atoms with Gasteiger partial charge in [-0.3, -0.25) is 9.19 Å². The van der Waals surface area contributed by atoms with Crippen LogP contribution in [0.1, 0.15) is 5.56 Å². The molecule has 0 aliphatic carbocycles. The first-order chi connectivity index (χ1) is 7.77. The van der Waals surface area contributed by atoms with Gasteiger partial charge in [0.1, 0.15) is 5.82 Å². The van der Waals surface area contributed by atoms with Crippen molar-refractivity contribution in [2.75, 3.05) is 0 Å². The maximum absolute atomic E-state index is 13.3. The second-order valence-corrected chi connectivity index (χ2v) is 4.70. The lowest BCUT2D eigenvalue weighted by Crippen LogP contribution is -1.99. The molecule has 2 nitrogen and oxygen atoms in total. The number of hydrogen-bond acceptors (Lipinski definition) is 2. The molecule has 0 spiro atoms. The normalized spacial score (nSPS) is 12.3. The molecule has 0 fully saturated rings. The summed E-state index contributed by atoms with van der Waals surface area (Å²) in [5, 5.41) is 0. The fourth-order valence-corrected chi connectivity index (χ4v) is 2.49. The van der Waals surface area contributed by atoms with E-state index in [1.54, 1.807) is 36.7 Å². The van der Waals surface area contributed by atoms with Gasteiger partial charge in [-0.2, -0.15) is 0 Å². The minimum absolute atomic E-state index is 0.242. The highest BCUT2D eigenvalue weighted by molar-refractivity contribution is 7.84. The van der Waals surface area contributed by atoms with Crippen LogP contribution in [0.25, 0.3) is 0 Å². The first-order valence-electron chi connectivity index (χ1n) is 4.79. The molecule has 1 atom stereocenters. The molecule has 1 aromatic heterocycles. The molecule has 0 aliphatic rings. The van der Waals surface area contributed by atoms with Crippen molar-refractivity contribution in [3.8, 4) is 0 Å². The van der Waals surface area contributed by atoms with Gasteiger partial charge in [0, 0.05) is 12.4 Å². The lowest BCUT2D eigenvalue weighted by Gasteiger charge is -2.03. The van der Waals surface area contributed by atoms with E-state index in [1.807, 2.05) is 6.07 Å². The number of pyridine rings is 1. The van der Waals surface area contributed by atoms with Crippen molar-refractivity contribution in [3.05, 3.63) is 60.2 Å². The standard InChI is InChI=1S/C12H10FNOS/c13-11-5-1-2-6-12(11)16(15)9-10-4-3-7-14-8-10/h1-8H,9H2. The summed E-state index contributed by atoms with van der Waals surface area (Å²) in [6.45, 7) is 0. The van der Waals surface area contributed by atoms with E-state index >= 15 is 0 Å². The quantitative estimate of drug-likeness (QED) is 0.818. The van der Waals surface area contributed by atoms with Crippen molar-refractivity contribution in [2.45, 2.75) is 10.6 Å². The minimum Gasteiger partial charge on any atom is -0.264 e. The van der Waals surface area contributed by atoms with E-state index in [2.05, 4.69) is 4.98 Å². The molecule has 1 heterocycles. The third kappa shape index (κ3) is 2.52. The molecule has 0 radical (unpaired) electrons. The highest BCUT2D eigenvalue weighted by atomic mass is 32.2. The molecule has 1 aromatic carbocycles. The molecule has 0 amide bonds. The molecule has 82 valence electrons. The highest BCUT2D eigenvalue weighted by Gasteiger charge is 2.09. The van der Waals surface area contributed by atoms with Crippen molar-refractivity contribution >= 4 is 10.8 Å². The molecule has 2 rings (SSSR count). The lowest BCUT2D eigenvalue weighted by atomic mass is 10.3. The van der Waals surface area contributed by atoms with Crippen LogP contribution in [0.5, 0.6) is 0 Å². The van der Waals surface area contributed by atoms with Gasteiger partial charge in [0.15, 0.2) is 0 Å². The molecule has 0 bridgehead atoms. The number of rotatable bonds is 3. The van der Waals surface area contributed by atoms with Gasteiger partial charge < -0.3 is 0 Å². The van der Waals surface area contributed by atoms with Crippen LogP contribution in [0.2, 0.25) is 0 Å². The van der Waals surface area contributed by atoms with Gasteiger partial charge in [-0.1, -0.05) is 18.2 Å². The first-order valence-corrected chi connectivity index (χ1v) is 6.11. The predicted molar refractivity (Wildman–Crippen MR) is 60.7 cm³/mol. The Bertz CT molecular complexity index is 501. The van der Waals surface area contributed by atoms with Gasteiger partial charge in [0.25, 0.3) is 0 Å². The Morgan fingerprint density at radius 3 is 2.69 bits per heavy atom. The Kier molecular flexibility index (Phi) is 3.41. The summed E-state index contributed by atoms with van der Waals surface area (Å²) in [5.74, 6) is -0.140. The second kappa shape index (κ2) is 4.99. The summed E-state index contributed by atoms with van der Waals surface area (Å²) in [6, 6.07) is 9.72. The van der Waals surface area contributed by atoms with Crippen molar-refractivity contribution in [3.63, 3.8) is 0 Å². The van der Waals surface area contributed by atoms with E-state index in [9.17, 15) is 8.60 Å². The number of hydrogen-bond donors (Lipinski definition) is 0. The van der Waals surface area contributed by atoms with E-state index < -0.39 is 16.6 Å². The summed E-state index contributed by atoms with van der Waals surface area (Å²) in [4.78, 5) is 4.17. The van der Waals surface area contributed by atoms with Gasteiger partial charge in [0.05, 0.1) is 21.4 Å². The number of halogens is 1. The Hall–Kier alpha value is -1.55. The van der Waals surface area contributed by atoms with Crippen LogP contribution in [0, 0.1) is 5.82 Å². The smallest absolute Gasteiger partial charge is 0.139 e. The van der Waals surface area contributed by atoms with Gasteiger partial charge in [-0.15, -0.1) is 0 Å². The molecule has 1 unspecified atom stereocenters. The fourth-order valence-electron chi connectivity index (χ4n) is 1.34. The number of nitrogens with zero attached hydrogens (tertiary/aromatic N) is 1. The zero-order valence-electron chi connectivity index (χ0n) is 8.47. The number of aromatic nitrogens is 1. The predicted octanol–water partition coefficient (Wildman–Crippen LogP) is 2.53. The van der Waals surface area contributed by atoms with Gasteiger partial charge in [-0.25, -0.2) is 4.39 Å². The van der Waals surface area contributed by atoms with Crippen LogP contribution in [-0.2, 0) is 16.6 Å². The molecule has 0 N–H and O–H groups in total. The van der Waals surface area contributed by atoms with Crippen LogP contribution in [0.3, 0.4) is 0 Å². The molecule has 0 saturated heterocycles. The molecule has 4 heteroatoms. The van der Waals surface area contributed by atoms with Crippen molar-refractivity contribution in [2.24, 2.45) is 0 Å². The summed E-state index contributed by atoms with van der Waals surface area (Å²) in [5.41, 5.74) is 0.837. The maximum atomic E-state index is 13.3. The van der Waals surface area contributed by atoms with E-state index in [0.717, 1.165) is 5.56 Å². The average Bonchev–Trinajstić information content (AvgIpc) is 2.31. The van der Waals surface area contributed by atoms with E-state index in [4.69, 9.17) is 0 Å². The lowest BCUT2D eigenvalue weighted by molar-refractivity contribution is 0.595. The summed E-state index contributed by atoms with van der Waals surface area (Å²) in [7, 11) is -1.36. The maximum Gasteiger partial charge on any atom is 0.139 e. The van der Waals surface area contributed by atoms with Gasteiger partial charge in [0.2, 0.25) is 0 Å². The summed E-state index contributed by atoms with van der Waals surface area (Å²) >= 11 is 0. The Morgan fingerprint density at radius 1 is 1.19 bits per heavy atom. The SMILES string of the molecule is O=S(Cc1cccnc1)c1ccccc1F. The number of benzene rings is 1. The van der Waals surface area contributed by atoms with E-state index in [-0.39, 0.29) is 10.6 Å². The van der Waals surface area contributed by atoms with Crippen LogP contribution < -0.4 is 0 Å². The third-order valence-electron chi connectivity index (χ3n) is 2.10. The van der Waals surface area contributed by atoms with Crippen LogP contribution in [0.15, 0.2) is 53.7 Å². The van der Waals surface area contributed by atoms with Crippen LogP contribution in [0.4, 0.5) is 4.39 Å². The Balaban J connectivity index is 2.19. The van der Waals surface area contributed by atoms with Crippen molar-refractivity contribution in [1.82, 2.24) is 4.98 Å². The zero-order chi connectivity index (χ0) is 11.4. The topological polar surface area (TPSA) is 30.0 Å². The van der Waals surface area contributed by atoms with E-state index in [1.165, 1.54) is 6.07 Å². The molecular formula is C12H10FNOS. The minimum atomic E-state index is -1.36. The molecule has 2 aromatic rings. The van der Waals surface area contributed by atoms with Gasteiger partial charge >= 0.3 is 0 Å².